The van der Waals surface area contributed by atoms with Gasteiger partial charge in [0.2, 0.25) is 5.75 Å². The van der Waals surface area contributed by atoms with Crippen LogP contribution < -0.4 is 19.5 Å². The first-order chi connectivity index (χ1) is 8.53. The maximum absolute atomic E-state index is 10.8. The maximum Gasteiger partial charge on any atom is 0.325 e. The zero-order chi connectivity index (χ0) is 13.7. The number of rotatable bonds is 6. The molecule has 0 heterocycles. The number of aliphatic carboxylic acids is 1. The second-order valence-electron chi connectivity index (χ2n) is 3.62. The van der Waals surface area contributed by atoms with Gasteiger partial charge in [-0.1, -0.05) is 0 Å². The highest BCUT2D eigenvalue weighted by Gasteiger charge is 2.16. The summed E-state index contributed by atoms with van der Waals surface area (Å²) in [4.78, 5) is 10.8. The molecule has 0 radical (unpaired) electrons. The Morgan fingerprint density at radius 3 is 2.00 bits per heavy atom. The molecule has 18 heavy (non-hydrogen) atoms. The summed E-state index contributed by atoms with van der Waals surface area (Å²) in [5, 5.41) is 11.7. The van der Waals surface area contributed by atoms with Crippen LogP contribution in [0.3, 0.4) is 0 Å². The van der Waals surface area contributed by atoms with E-state index in [1.165, 1.54) is 21.3 Å². The van der Waals surface area contributed by atoms with Gasteiger partial charge in [-0.25, -0.2) is 0 Å². The first kappa shape index (κ1) is 14.0. The van der Waals surface area contributed by atoms with Gasteiger partial charge in [0.15, 0.2) is 11.5 Å². The van der Waals surface area contributed by atoms with Gasteiger partial charge >= 0.3 is 5.97 Å². The predicted octanol–water partition coefficient (Wildman–Crippen LogP) is 1.60. The van der Waals surface area contributed by atoms with E-state index in [2.05, 4.69) is 5.32 Å². The van der Waals surface area contributed by atoms with Gasteiger partial charge in [-0.2, -0.15) is 0 Å². The molecule has 1 aromatic carbocycles. The summed E-state index contributed by atoms with van der Waals surface area (Å²) in [5.41, 5.74) is 0.583. The van der Waals surface area contributed by atoms with Gasteiger partial charge in [-0.15, -0.1) is 0 Å². The Bertz CT molecular complexity index is 407. The van der Waals surface area contributed by atoms with E-state index in [0.717, 1.165) is 0 Å². The summed E-state index contributed by atoms with van der Waals surface area (Å²) >= 11 is 0. The minimum absolute atomic E-state index is 0.466. The van der Waals surface area contributed by atoms with Gasteiger partial charge in [-0.05, 0) is 6.92 Å². The SMILES string of the molecule is COc1cc(NC(C)C(=O)O)cc(OC)c1OC. The molecule has 1 rings (SSSR count). The number of benzene rings is 1. The van der Waals surface area contributed by atoms with E-state index in [4.69, 9.17) is 19.3 Å². The molecule has 0 aliphatic carbocycles. The van der Waals surface area contributed by atoms with E-state index in [1.807, 2.05) is 0 Å². The molecule has 0 aliphatic heterocycles. The van der Waals surface area contributed by atoms with E-state index in [1.54, 1.807) is 19.1 Å². The number of carboxylic acid groups (broad SMARTS) is 1. The molecule has 6 nitrogen and oxygen atoms in total. The molecule has 0 amide bonds. The Morgan fingerprint density at radius 1 is 1.17 bits per heavy atom. The molecule has 2 N–H and O–H groups in total. The molecular weight excluding hydrogens is 238 g/mol. The molecule has 0 aromatic heterocycles. The van der Waals surface area contributed by atoms with E-state index in [9.17, 15) is 4.79 Å². The fraction of sp³-hybridized carbons (Fsp3) is 0.417. The fourth-order valence-corrected chi connectivity index (χ4v) is 1.48. The molecule has 0 saturated carbocycles. The normalized spacial score (nSPS) is 11.6. The number of methoxy groups -OCH3 is 3. The van der Waals surface area contributed by atoms with Crippen LogP contribution in [0.5, 0.6) is 17.2 Å². The van der Waals surface area contributed by atoms with Crippen molar-refractivity contribution in [3.05, 3.63) is 12.1 Å². The molecule has 0 aliphatic rings. The number of carbonyl (C=O) groups is 1. The second kappa shape index (κ2) is 6.00. The second-order valence-corrected chi connectivity index (χ2v) is 3.62. The minimum Gasteiger partial charge on any atom is -0.493 e. The van der Waals surface area contributed by atoms with Crippen molar-refractivity contribution in [3.63, 3.8) is 0 Å². The smallest absolute Gasteiger partial charge is 0.325 e. The molecule has 100 valence electrons. The summed E-state index contributed by atoms with van der Waals surface area (Å²) in [7, 11) is 4.51. The van der Waals surface area contributed by atoms with Gasteiger partial charge in [0, 0.05) is 17.8 Å². The van der Waals surface area contributed by atoms with Crippen molar-refractivity contribution in [2.24, 2.45) is 0 Å². The van der Waals surface area contributed by atoms with Crippen LogP contribution in [0.1, 0.15) is 6.92 Å². The Hall–Kier alpha value is -2.11. The molecular formula is C12H17NO5. The zero-order valence-corrected chi connectivity index (χ0v) is 10.8. The minimum atomic E-state index is -0.941. The highest BCUT2D eigenvalue weighted by Crippen LogP contribution is 2.40. The van der Waals surface area contributed by atoms with Crippen LogP contribution in [0.4, 0.5) is 5.69 Å². The Labute approximate surface area is 105 Å². The molecule has 0 bridgehead atoms. The van der Waals surface area contributed by atoms with Crippen molar-refractivity contribution in [1.82, 2.24) is 0 Å². The van der Waals surface area contributed by atoms with E-state index >= 15 is 0 Å². The van der Waals surface area contributed by atoms with Crippen molar-refractivity contribution in [2.45, 2.75) is 13.0 Å². The van der Waals surface area contributed by atoms with E-state index in [0.29, 0.717) is 22.9 Å². The van der Waals surface area contributed by atoms with Gasteiger partial charge in [0.05, 0.1) is 21.3 Å². The number of hydrogen-bond acceptors (Lipinski definition) is 5. The van der Waals surface area contributed by atoms with Crippen LogP contribution in [-0.4, -0.2) is 38.4 Å². The molecule has 0 saturated heterocycles. The lowest BCUT2D eigenvalue weighted by atomic mass is 10.2. The van der Waals surface area contributed by atoms with Gasteiger partial charge in [0.1, 0.15) is 6.04 Å². The quantitative estimate of drug-likeness (QED) is 0.804. The molecule has 1 aromatic rings. The van der Waals surface area contributed by atoms with Gasteiger partial charge in [0.25, 0.3) is 0 Å². The lowest BCUT2D eigenvalue weighted by Crippen LogP contribution is -2.25. The van der Waals surface area contributed by atoms with E-state index < -0.39 is 12.0 Å². The fourth-order valence-electron chi connectivity index (χ4n) is 1.48. The van der Waals surface area contributed by atoms with Gasteiger partial charge < -0.3 is 24.6 Å². The Kier molecular flexibility index (Phi) is 4.65. The van der Waals surface area contributed by atoms with Crippen LogP contribution in [-0.2, 0) is 4.79 Å². The summed E-state index contributed by atoms with van der Waals surface area (Å²) in [6.45, 7) is 1.55. The van der Waals surface area contributed by atoms with Crippen molar-refractivity contribution >= 4 is 11.7 Å². The average molecular weight is 255 g/mol. The Morgan fingerprint density at radius 2 is 1.67 bits per heavy atom. The average Bonchev–Trinajstić information content (AvgIpc) is 2.37. The third-order valence-corrected chi connectivity index (χ3v) is 2.42. The van der Waals surface area contributed by atoms with Crippen molar-refractivity contribution in [3.8, 4) is 17.2 Å². The van der Waals surface area contributed by atoms with Crippen LogP contribution in [0, 0.1) is 0 Å². The van der Waals surface area contributed by atoms with Crippen molar-refractivity contribution in [1.29, 1.82) is 0 Å². The van der Waals surface area contributed by atoms with Gasteiger partial charge in [-0.3, -0.25) is 4.79 Å². The highest BCUT2D eigenvalue weighted by atomic mass is 16.5. The summed E-state index contributed by atoms with van der Waals surface area (Å²) < 4.78 is 15.5. The number of hydrogen-bond donors (Lipinski definition) is 2. The maximum atomic E-state index is 10.8. The number of carboxylic acids is 1. The first-order valence-electron chi connectivity index (χ1n) is 5.32. The van der Waals surface area contributed by atoms with Crippen molar-refractivity contribution < 1.29 is 24.1 Å². The standard InChI is InChI=1S/C12H17NO5/c1-7(12(14)15)13-8-5-9(16-2)11(18-4)10(6-8)17-3/h5-7,13H,1-4H3,(H,14,15). The summed E-state index contributed by atoms with van der Waals surface area (Å²) in [5.74, 6) is 0.464. The van der Waals surface area contributed by atoms with Crippen LogP contribution >= 0.6 is 0 Å². The zero-order valence-electron chi connectivity index (χ0n) is 10.8. The predicted molar refractivity (Wildman–Crippen MR) is 66.8 cm³/mol. The molecule has 6 heteroatoms. The molecule has 0 fully saturated rings. The van der Waals surface area contributed by atoms with Crippen LogP contribution in [0.15, 0.2) is 12.1 Å². The molecule has 1 atom stereocenters. The highest BCUT2D eigenvalue weighted by molar-refractivity contribution is 5.77. The number of anilines is 1. The lowest BCUT2D eigenvalue weighted by molar-refractivity contribution is -0.137. The van der Waals surface area contributed by atoms with E-state index in [-0.39, 0.29) is 0 Å². The Balaban J connectivity index is 3.11. The molecule has 0 spiro atoms. The molecule has 1 unspecified atom stereocenters. The number of ether oxygens (including phenoxy) is 3. The number of nitrogens with one attached hydrogen (secondary N) is 1. The third kappa shape index (κ3) is 2.97. The first-order valence-corrected chi connectivity index (χ1v) is 5.32. The topological polar surface area (TPSA) is 77.0 Å². The third-order valence-electron chi connectivity index (χ3n) is 2.42. The summed E-state index contributed by atoms with van der Waals surface area (Å²) in [6.07, 6.45) is 0. The van der Waals surface area contributed by atoms with Crippen LogP contribution in [0.2, 0.25) is 0 Å². The monoisotopic (exact) mass is 255 g/mol. The van der Waals surface area contributed by atoms with Crippen LogP contribution in [0.25, 0.3) is 0 Å². The van der Waals surface area contributed by atoms with Crippen molar-refractivity contribution in [2.75, 3.05) is 26.6 Å². The summed E-state index contributed by atoms with van der Waals surface area (Å²) in [6, 6.07) is 2.59. The largest absolute Gasteiger partial charge is 0.493 e. The lowest BCUT2D eigenvalue weighted by Gasteiger charge is -2.16.